The largest absolute Gasteiger partial charge is 0.481 e. The summed E-state index contributed by atoms with van der Waals surface area (Å²) in [5, 5.41) is 69.7. The normalized spacial score (nSPS) is 14.3. The number of H-pyrrole nitrogens is 1. The minimum Gasteiger partial charge on any atom is -0.481 e. The molecule has 0 bridgehead atoms. The molecule has 33 heteroatoms. The first-order chi connectivity index (χ1) is 39.0. The van der Waals surface area contributed by atoms with Gasteiger partial charge in [-0.05, 0) is 95.3 Å². The number of aliphatic carboxylic acids is 2. The van der Waals surface area contributed by atoms with Gasteiger partial charge in [-0.15, -0.1) is 0 Å². The zero-order valence-corrected chi connectivity index (χ0v) is 45.5. The van der Waals surface area contributed by atoms with Crippen molar-refractivity contribution in [3.8, 4) is 0 Å². The first-order valence-electron chi connectivity index (χ1n) is 26.5. The lowest BCUT2D eigenvalue weighted by Gasteiger charge is -2.27. The Kier molecular flexibility index (Phi) is 32.1. The molecular weight excluding hydrogens is 1080 g/mol. The maximum absolute atomic E-state index is 13.9. The molecule has 0 fully saturated rings. The summed E-state index contributed by atoms with van der Waals surface area (Å²) in [7, 11) is 0. The van der Waals surface area contributed by atoms with Crippen molar-refractivity contribution in [3.05, 3.63) is 36.0 Å². The Balaban J connectivity index is 2.35. The van der Waals surface area contributed by atoms with E-state index in [0.717, 1.165) is 0 Å². The Morgan fingerprint density at radius 2 is 0.841 bits per heavy atom. The van der Waals surface area contributed by atoms with Crippen LogP contribution in [0.3, 0.4) is 0 Å². The number of hydrogen-bond donors (Lipinski definition) is 21. The number of guanidine groups is 2. The van der Waals surface area contributed by atoms with Crippen LogP contribution in [-0.2, 0) is 54.4 Å². The second-order valence-electron chi connectivity index (χ2n) is 18.9. The molecule has 2 rings (SSSR count). The number of benzene rings is 1. The second-order valence-corrected chi connectivity index (χ2v) is 18.9. The second kappa shape index (κ2) is 37.6. The van der Waals surface area contributed by atoms with Gasteiger partial charge in [0.15, 0.2) is 11.9 Å². The van der Waals surface area contributed by atoms with Crippen LogP contribution in [0.15, 0.2) is 40.4 Å². The SMILES string of the molecule is NCCCCC(NC(=O)C(N)CCC(=O)O)C(=O)NC(CCCCN)C(=O)NC(CO)C(=O)NC(CCCN=C(N)N)C(=O)NC(CO)C(=O)NC(CO)C(=O)NC(Cc1c[nH]c2ccccc12)C(=O)NC(CCCN=C(N)N)C(=O)O. The van der Waals surface area contributed by atoms with E-state index in [0.29, 0.717) is 35.7 Å². The lowest BCUT2D eigenvalue weighted by molar-refractivity contribution is -0.142. The summed E-state index contributed by atoms with van der Waals surface area (Å²) in [5.74, 6) is -11.4. The van der Waals surface area contributed by atoms with Crippen LogP contribution in [0.25, 0.3) is 10.9 Å². The number of nitrogens with zero attached hydrogens (tertiary/aromatic N) is 2. The molecule has 0 spiro atoms. The van der Waals surface area contributed by atoms with E-state index in [1.807, 2.05) is 0 Å². The van der Waals surface area contributed by atoms with Crippen molar-refractivity contribution < 1.29 is 73.5 Å². The number of unbranched alkanes of at least 4 members (excludes halogenated alkanes) is 2. The Labute approximate surface area is 471 Å². The van der Waals surface area contributed by atoms with Crippen LogP contribution in [0.1, 0.15) is 82.6 Å². The number of carbonyl (C=O) groups excluding carboxylic acids is 8. The number of carbonyl (C=O) groups is 10. The number of aromatic amines is 1. The van der Waals surface area contributed by atoms with E-state index >= 15 is 0 Å². The number of nitrogens with two attached hydrogens (primary N) is 7. The Morgan fingerprint density at radius 3 is 1.26 bits per heavy atom. The van der Waals surface area contributed by atoms with Crippen LogP contribution >= 0.6 is 0 Å². The zero-order chi connectivity index (χ0) is 61.3. The monoisotopic (exact) mass is 1160 g/mol. The molecule has 2 aromatic rings. The van der Waals surface area contributed by atoms with Crippen molar-refractivity contribution >= 4 is 82.0 Å². The van der Waals surface area contributed by atoms with Crippen LogP contribution in [-0.4, -0.2) is 202 Å². The van der Waals surface area contributed by atoms with E-state index in [1.165, 1.54) is 0 Å². The molecule has 8 amide bonds. The minimum atomic E-state index is -1.89. The van der Waals surface area contributed by atoms with Crippen molar-refractivity contribution in [3.63, 3.8) is 0 Å². The first-order valence-corrected chi connectivity index (χ1v) is 26.5. The third-order valence-corrected chi connectivity index (χ3v) is 12.5. The summed E-state index contributed by atoms with van der Waals surface area (Å²) >= 11 is 0. The van der Waals surface area contributed by atoms with Crippen LogP contribution < -0.4 is 82.7 Å². The highest BCUT2D eigenvalue weighted by molar-refractivity contribution is 5.98. The molecule has 0 aliphatic heterocycles. The van der Waals surface area contributed by atoms with E-state index in [1.54, 1.807) is 30.5 Å². The van der Waals surface area contributed by atoms with Gasteiger partial charge in [-0.3, -0.25) is 53.1 Å². The average molecular weight is 1160 g/mol. The number of amides is 8. The van der Waals surface area contributed by atoms with E-state index in [4.69, 9.17) is 45.2 Å². The molecule has 1 aromatic carbocycles. The number of hydrogen-bond acceptors (Lipinski definition) is 18. The van der Waals surface area contributed by atoms with Gasteiger partial charge in [0.1, 0.15) is 48.3 Å². The number of carboxylic acid groups (broad SMARTS) is 2. The standard InChI is InChI=1S/C49H82N18O15/c50-17-5-3-11-30(60-39(73)28(52)15-16-38(71)72)40(74)61-31(12-4-6-18-51)41(75)65-35(23-68)44(78)62-32(13-7-19-57-48(53)54)42(76)66-37(25-70)46(80)67-36(24-69)45(79)64-34(21-26-22-59-29-10-2-1-9-27(26)29)43(77)63-33(47(81)82)14-8-20-58-49(55)56/h1-2,9-10,22,28,30-37,59,68-70H,3-8,11-21,23-25,50-52H2,(H,60,73)(H,61,74)(H,62,78)(H,63,77)(H,64,79)(H,65,75)(H,66,76)(H,67,80)(H,71,72)(H,81,82)(H4,53,54,57)(H4,55,56,58). The van der Waals surface area contributed by atoms with Gasteiger partial charge >= 0.3 is 11.9 Å². The predicted molar refractivity (Wildman–Crippen MR) is 297 cm³/mol. The van der Waals surface area contributed by atoms with Crippen LogP contribution in [0.5, 0.6) is 0 Å². The summed E-state index contributed by atoms with van der Waals surface area (Å²) in [6.45, 7) is -2.86. The first kappa shape index (κ1) is 69.9. The van der Waals surface area contributed by atoms with Crippen molar-refractivity contribution in [2.75, 3.05) is 46.0 Å². The van der Waals surface area contributed by atoms with Crippen molar-refractivity contribution in [2.45, 2.75) is 138 Å². The lowest BCUT2D eigenvalue weighted by atomic mass is 10.0. The highest BCUT2D eigenvalue weighted by atomic mass is 16.4. The van der Waals surface area contributed by atoms with Gasteiger partial charge in [-0.1, -0.05) is 18.2 Å². The number of aliphatic hydroxyl groups is 3. The smallest absolute Gasteiger partial charge is 0.326 e. The molecular formula is C49H82N18O15. The molecule has 9 unspecified atom stereocenters. The van der Waals surface area contributed by atoms with E-state index < -0.39 is 140 Å². The third-order valence-electron chi connectivity index (χ3n) is 12.5. The molecule has 28 N–H and O–H groups in total. The van der Waals surface area contributed by atoms with Gasteiger partial charge < -0.3 is 113 Å². The Bertz CT molecular complexity index is 2490. The fraction of sp³-hybridized carbons (Fsp3) is 0.592. The Morgan fingerprint density at radius 1 is 0.476 bits per heavy atom. The Hall–Kier alpha value is -8.24. The highest BCUT2D eigenvalue weighted by Gasteiger charge is 2.35. The van der Waals surface area contributed by atoms with Gasteiger partial charge in [0.2, 0.25) is 47.3 Å². The zero-order valence-electron chi connectivity index (χ0n) is 45.5. The fourth-order valence-corrected chi connectivity index (χ4v) is 7.96. The van der Waals surface area contributed by atoms with Crippen LogP contribution in [0.2, 0.25) is 0 Å². The summed E-state index contributed by atoms with van der Waals surface area (Å²) in [6.07, 6.45) is 1.90. The molecule has 0 saturated heterocycles. The lowest BCUT2D eigenvalue weighted by Crippen LogP contribution is -2.61. The molecule has 82 heavy (non-hydrogen) atoms. The summed E-state index contributed by atoms with van der Waals surface area (Å²) < 4.78 is 0. The van der Waals surface area contributed by atoms with Gasteiger partial charge in [-0.2, -0.15) is 0 Å². The minimum absolute atomic E-state index is 0.00364. The number of aliphatic imine (C=N–C) groups is 2. The number of aromatic nitrogens is 1. The topological polar surface area (TPSA) is 591 Å². The van der Waals surface area contributed by atoms with Gasteiger partial charge in [-0.25, -0.2) is 4.79 Å². The van der Waals surface area contributed by atoms with Crippen LogP contribution in [0.4, 0.5) is 0 Å². The number of para-hydroxylation sites is 1. The molecule has 1 heterocycles. The quantitative estimate of drug-likeness (QED) is 0.0167. The molecule has 458 valence electrons. The van der Waals surface area contributed by atoms with Gasteiger partial charge in [0.05, 0.1) is 25.9 Å². The fourth-order valence-electron chi connectivity index (χ4n) is 7.96. The number of aliphatic hydroxyl groups excluding tert-OH is 3. The number of fused-ring (bicyclic) bond motifs is 1. The van der Waals surface area contributed by atoms with Gasteiger partial charge in [0.25, 0.3) is 0 Å². The maximum atomic E-state index is 13.9. The summed E-state index contributed by atoms with van der Waals surface area (Å²) in [6, 6.07) is -7.11. The average Bonchev–Trinajstić information content (AvgIpc) is 3.87. The maximum Gasteiger partial charge on any atom is 0.326 e. The van der Waals surface area contributed by atoms with E-state index in [2.05, 4.69) is 57.5 Å². The summed E-state index contributed by atoms with van der Waals surface area (Å²) in [4.78, 5) is 143. The summed E-state index contributed by atoms with van der Waals surface area (Å²) in [5.41, 5.74) is 39.9. The molecule has 0 aliphatic rings. The van der Waals surface area contributed by atoms with Crippen molar-refractivity contribution in [2.24, 2.45) is 50.1 Å². The van der Waals surface area contributed by atoms with Crippen molar-refractivity contribution in [1.29, 1.82) is 0 Å². The van der Waals surface area contributed by atoms with E-state index in [9.17, 15) is 68.4 Å². The van der Waals surface area contributed by atoms with E-state index in [-0.39, 0.29) is 95.9 Å². The number of carboxylic acids is 2. The van der Waals surface area contributed by atoms with Gasteiger partial charge in [0, 0.05) is 43.0 Å². The van der Waals surface area contributed by atoms with Crippen LogP contribution in [0, 0.1) is 0 Å². The molecule has 0 aliphatic carbocycles. The molecule has 33 nitrogen and oxygen atoms in total. The highest BCUT2D eigenvalue weighted by Crippen LogP contribution is 2.20. The number of nitrogens with one attached hydrogen (secondary N) is 9. The molecule has 0 saturated carbocycles. The number of rotatable bonds is 41. The van der Waals surface area contributed by atoms with Crippen molar-refractivity contribution in [1.82, 2.24) is 47.5 Å². The molecule has 1 aromatic heterocycles. The predicted octanol–water partition coefficient (Wildman–Crippen LogP) is -7.79. The third kappa shape index (κ3) is 25.5. The molecule has 0 radical (unpaired) electrons. The molecule has 9 atom stereocenters.